The zero-order valence-corrected chi connectivity index (χ0v) is 13.6. The summed E-state index contributed by atoms with van der Waals surface area (Å²) in [6, 6.07) is 6.09. The van der Waals surface area contributed by atoms with E-state index < -0.39 is 0 Å². The third-order valence-electron chi connectivity index (χ3n) is 4.47. The molecule has 2 aliphatic rings. The SMILES string of the molecule is C=C1Nc2ccc(Cl)cc2CC12CCN(C)CC2.CC. The second-order valence-corrected chi connectivity index (χ2v) is 6.10. The maximum Gasteiger partial charge on any atom is 0.0415 e. The number of nitrogens with zero attached hydrogens (tertiary/aromatic N) is 1. The van der Waals surface area contributed by atoms with E-state index >= 15 is 0 Å². The van der Waals surface area contributed by atoms with Crippen LogP contribution in [0.4, 0.5) is 5.69 Å². The minimum Gasteiger partial charge on any atom is -0.359 e. The number of rotatable bonds is 0. The molecule has 1 spiro atoms. The zero-order valence-electron chi connectivity index (χ0n) is 12.8. The molecular weight excluding hydrogens is 268 g/mol. The summed E-state index contributed by atoms with van der Waals surface area (Å²) in [5.74, 6) is 0. The van der Waals surface area contributed by atoms with Crippen LogP contribution < -0.4 is 5.32 Å². The van der Waals surface area contributed by atoms with Crippen molar-refractivity contribution in [2.75, 3.05) is 25.5 Å². The van der Waals surface area contributed by atoms with Gasteiger partial charge in [-0.05, 0) is 63.2 Å². The minimum atomic E-state index is 0.226. The molecule has 2 nitrogen and oxygen atoms in total. The molecular formula is C17H25ClN2. The molecule has 1 saturated heterocycles. The number of nitrogens with one attached hydrogen (secondary N) is 1. The second kappa shape index (κ2) is 6.19. The van der Waals surface area contributed by atoms with E-state index in [0.717, 1.165) is 24.5 Å². The van der Waals surface area contributed by atoms with Crippen molar-refractivity contribution in [3.05, 3.63) is 41.1 Å². The number of likely N-dealkylation sites (tertiary alicyclic amines) is 1. The van der Waals surface area contributed by atoms with Crippen LogP contribution in [0.25, 0.3) is 0 Å². The highest BCUT2D eigenvalue weighted by molar-refractivity contribution is 6.30. The van der Waals surface area contributed by atoms with Gasteiger partial charge >= 0.3 is 0 Å². The van der Waals surface area contributed by atoms with Gasteiger partial charge in [0.1, 0.15) is 0 Å². The summed E-state index contributed by atoms with van der Waals surface area (Å²) < 4.78 is 0. The molecule has 0 amide bonds. The maximum atomic E-state index is 6.11. The fourth-order valence-electron chi connectivity index (χ4n) is 3.12. The van der Waals surface area contributed by atoms with Gasteiger partial charge in [0.05, 0.1) is 0 Å². The van der Waals surface area contributed by atoms with Crippen LogP contribution in [0.3, 0.4) is 0 Å². The standard InChI is InChI=1S/C15H19ClN2.C2H6/c1-11-15(5-7-18(2)8-6-15)10-12-9-13(16)3-4-14(12)17-11;1-2/h3-4,9,17H,1,5-8,10H2,2H3;1-2H3. The Morgan fingerprint density at radius 2 is 1.90 bits per heavy atom. The van der Waals surface area contributed by atoms with E-state index in [1.165, 1.54) is 29.8 Å². The van der Waals surface area contributed by atoms with Gasteiger partial charge in [-0.2, -0.15) is 0 Å². The van der Waals surface area contributed by atoms with E-state index in [-0.39, 0.29) is 5.41 Å². The summed E-state index contributed by atoms with van der Waals surface area (Å²) in [6.45, 7) is 10.6. The predicted molar refractivity (Wildman–Crippen MR) is 88.4 cm³/mol. The zero-order chi connectivity index (χ0) is 14.8. The molecule has 0 bridgehead atoms. The number of fused-ring (bicyclic) bond motifs is 1. The van der Waals surface area contributed by atoms with Crippen LogP contribution >= 0.6 is 11.6 Å². The van der Waals surface area contributed by atoms with Crippen molar-refractivity contribution in [3.63, 3.8) is 0 Å². The van der Waals surface area contributed by atoms with Gasteiger partial charge in [0, 0.05) is 21.8 Å². The average Bonchev–Trinajstić information content (AvgIpc) is 2.46. The molecule has 1 aromatic carbocycles. The number of hydrogen-bond acceptors (Lipinski definition) is 2. The third kappa shape index (κ3) is 2.87. The molecule has 1 fully saturated rings. The summed E-state index contributed by atoms with van der Waals surface area (Å²) in [4.78, 5) is 2.39. The quantitative estimate of drug-likeness (QED) is 0.754. The Labute approximate surface area is 127 Å². The van der Waals surface area contributed by atoms with E-state index in [1.807, 2.05) is 19.9 Å². The van der Waals surface area contributed by atoms with Gasteiger partial charge in [0.25, 0.3) is 0 Å². The molecule has 0 saturated carbocycles. The normalized spacial score (nSPS) is 20.7. The molecule has 110 valence electrons. The van der Waals surface area contributed by atoms with Crippen LogP contribution in [0.2, 0.25) is 5.02 Å². The maximum absolute atomic E-state index is 6.11. The Kier molecular flexibility index (Phi) is 4.77. The lowest BCUT2D eigenvalue weighted by atomic mass is 9.69. The summed E-state index contributed by atoms with van der Waals surface area (Å²) in [5.41, 5.74) is 3.92. The Morgan fingerprint density at radius 3 is 2.55 bits per heavy atom. The van der Waals surface area contributed by atoms with Gasteiger partial charge < -0.3 is 10.2 Å². The summed E-state index contributed by atoms with van der Waals surface area (Å²) in [7, 11) is 2.19. The van der Waals surface area contributed by atoms with E-state index in [4.69, 9.17) is 11.6 Å². The lowest BCUT2D eigenvalue weighted by Gasteiger charge is -2.45. The molecule has 2 aliphatic heterocycles. The van der Waals surface area contributed by atoms with Crippen LogP contribution in [0.15, 0.2) is 30.5 Å². The van der Waals surface area contributed by atoms with E-state index in [9.17, 15) is 0 Å². The van der Waals surface area contributed by atoms with Crippen molar-refractivity contribution in [1.29, 1.82) is 0 Å². The molecule has 3 rings (SSSR count). The van der Waals surface area contributed by atoms with Gasteiger partial charge in [-0.15, -0.1) is 0 Å². The molecule has 20 heavy (non-hydrogen) atoms. The fraction of sp³-hybridized carbons (Fsp3) is 0.529. The Hall–Kier alpha value is -0.990. The van der Waals surface area contributed by atoms with Crippen LogP contribution in [-0.4, -0.2) is 25.0 Å². The van der Waals surface area contributed by atoms with Crippen LogP contribution in [0.1, 0.15) is 32.3 Å². The topological polar surface area (TPSA) is 15.3 Å². The molecule has 1 N–H and O–H groups in total. The first kappa shape index (κ1) is 15.4. The molecule has 0 unspecified atom stereocenters. The fourth-order valence-corrected chi connectivity index (χ4v) is 3.32. The molecule has 0 atom stereocenters. The van der Waals surface area contributed by atoms with Crippen molar-refractivity contribution < 1.29 is 0 Å². The van der Waals surface area contributed by atoms with E-state index in [1.54, 1.807) is 0 Å². The van der Waals surface area contributed by atoms with Gasteiger partial charge in [-0.3, -0.25) is 0 Å². The van der Waals surface area contributed by atoms with Crippen molar-refractivity contribution >= 4 is 17.3 Å². The van der Waals surface area contributed by atoms with E-state index in [2.05, 4.69) is 36.0 Å². The molecule has 0 aromatic heterocycles. The number of benzene rings is 1. The summed E-state index contributed by atoms with van der Waals surface area (Å²) >= 11 is 6.11. The summed E-state index contributed by atoms with van der Waals surface area (Å²) in [5, 5.41) is 4.32. The molecule has 3 heteroatoms. The molecule has 0 radical (unpaired) electrons. The van der Waals surface area contributed by atoms with E-state index in [0.29, 0.717) is 0 Å². The first-order valence-corrected chi connectivity index (χ1v) is 7.90. The first-order valence-electron chi connectivity index (χ1n) is 7.52. The third-order valence-corrected chi connectivity index (χ3v) is 4.70. The monoisotopic (exact) mass is 292 g/mol. The largest absolute Gasteiger partial charge is 0.359 e. The lowest BCUT2D eigenvalue weighted by molar-refractivity contribution is 0.153. The number of halogens is 1. The van der Waals surface area contributed by atoms with Crippen LogP contribution in [0, 0.1) is 5.41 Å². The van der Waals surface area contributed by atoms with Crippen LogP contribution in [0.5, 0.6) is 0 Å². The van der Waals surface area contributed by atoms with Gasteiger partial charge in [0.15, 0.2) is 0 Å². The molecule has 1 aromatic rings. The highest BCUT2D eigenvalue weighted by atomic mass is 35.5. The second-order valence-electron chi connectivity index (χ2n) is 5.67. The highest BCUT2D eigenvalue weighted by Crippen LogP contribution is 2.46. The van der Waals surface area contributed by atoms with Gasteiger partial charge in [0.2, 0.25) is 0 Å². The molecule has 2 heterocycles. The Balaban J connectivity index is 0.000000704. The van der Waals surface area contributed by atoms with Crippen molar-refractivity contribution in [1.82, 2.24) is 4.90 Å². The molecule has 0 aliphatic carbocycles. The average molecular weight is 293 g/mol. The number of piperidine rings is 1. The van der Waals surface area contributed by atoms with Gasteiger partial charge in [-0.25, -0.2) is 0 Å². The van der Waals surface area contributed by atoms with Gasteiger partial charge in [-0.1, -0.05) is 32.0 Å². The predicted octanol–water partition coefficient (Wildman–Crippen LogP) is 4.56. The smallest absolute Gasteiger partial charge is 0.0415 e. The Bertz CT molecular complexity index is 488. The van der Waals surface area contributed by atoms with Crippen molar-refractivity contribution in [3.8, 4) is 0 Å². The number of hydrogen-bond donors (Lipinski definition) is 1. The number of allylic oxidation sites excluding steroid dienone is 1. The first-order chi connectivity index (χ1) is 9.59. The highest BCUT2D eigenvalue weighted by Gasteiger charge is 2.39. The van der Waals surface area contributed by atoms with Crippen molar-refractivity contribution in [2.45, 2.75) is 33.1 Å². The number of anilines is 1. The lowest BCUT2D eigenvalue weighted by Crippen LogP contribution is -2.43. The Morgan fingerprint density at radius 1 is 1.25 bits per heavy atom. The van der Waals surface area contributed by atoms with Crippen LogP contribution in [-0.2, 0) is 6.42 Å². The minimum absolute atomic E-state index is 0.226. The summed E-state index contributed by atoms with van der Waals surface area (Å²) in [6.07, 6.45) is 3.44. The van der Waals surface area contributed by atoms with Crippen molar-refractivity contribution in [2.24, 2.45) is 5.41 Å².